The van der Waals surface area contributed by atoms with Crippen molar-refractivity contribution in [1.82, 2.24) is 0 Å². The predicted molar refractivity (Wildman–Crippen MR) is 241 cm³/mol. The summed E-state index contributed by atoms with van der Waals surface area (Å²) in [6, 6.07) is 0. The van der Waals surface area contributed by atoms with Crippen LogP contribution in [-0.2, 0) is 19.1 Å². The second-order valence-electron chi connectivity index (χ2n) is 13.3. The van der Waals surface area contributed by atoms with Gasteiger partial charge in [0.15, 0.2) is 6.10 Å². The fourth-order valence-corrected chi connectivity index (χ4v) is 4.97. The van der Waals surface area contributed by atoms with Gasteiger partial charge < -0.3 is 14.6 Å². The number of esters is 2. The van der Waals surface area contributed by atoms with Crippen molar-refractivity contribution in [3.05, 3.63) is 146 Å². The van der Waals surface area contributed by atoms with E-state index >= 15 is 0 Å². The molecular formula is C51H76O5. The molecule has 5 heteroatoms. The maximum absolute atomic E-state index is 12.2. The molecule has 310 valence electrons. The predicted octanol–water partition coefficient (Wildman–Crippen LogP) is 13.9. The van der Waals surface area contributed by atoms with E-state index in [1.807, 2.05) is 0 Å². The minimum Gasteiger partial charge on any atom is -0.462 e. The largest absolute Gasteiger partial charge is 0.462 e. The van der Waals surface area contributed by atoms with Gasteiger partial charge >= 0.3 is 11.9 Å². The smallest absolute Gasteiger partial charge is 0.306 e. The van der Waals surface area contributed by atoms with Crippen molar-refractivity contribution < 1.29 is 24.2 Å². The van der Waals surface area contributed by atoms with Gasteiger partial charge in [0.2, 0.25) is 0 Å². The Hall–Kier alpha value is -4.22. The summed E-state index contributed by atoms with van der Waals surface area (Å²) < 4.78 is 10.5. The van der Waals surface area contributed by atoms with Gasteiger partial charge in [-0.3, -0.25) is 9.59 Å². The highest BCUT2D eigenvalue weighted by Crippen LogP contribution is 2.07. The lowest BCUT2D eigenvalue weighted by Crippen LogP contribution is -2.28. The van der Waals surface area contributed by atoms with Crippen LogP contribution in [0.2, 0.25) is 0 Å². The number of allylic oxidation sites excluding steroid dienone is 24. The second kappa shape index (κ2) is 45.2. The molecule has 0 fully saturated rings. The summed E-state index contributed by atoms with van der Waals surface area (Å²) in [7, 11) is 0. The Morgan fingerprint density at radius 3 is 1.00 bits per heavy atom. The number of aliphatic hydroxyl groups is 1. The van der Waals surface area contributed by atoms with Crippen LogP contribution in [0.1, 0.15) is 142 Å². The van der Waals surface area contributed by atoms with E-state index in [0.29, 0.717) is 12.8 Å². The Balaban J connectivity index is 3.78. The molecule has 0 bridgehead atoms. The summed E-state index contributed by atoms with van der Waals surface area (Å²) in [4.78, 5) is 24.3. The summed E-state index contributed by atoms with van der Waals surface area (Å²) in [5.41, 5.74) is 0. The molecule has 0 spiro atoms. The van der Waals surface area contributed by atoms with Crippen molar-refractivity contribution in [3.63, 3.8) is 0 Å². The molecule has 0 radical (unpaired) electrons. The van der Waals surface area contributed by atoms with Crippen molar-refractivity contribution >= 4 is 11.9 Å². The molecule has 1 atom stereocenters. The summed E-state index contributed by atoms with van der Waals surface area (Å²) in [6.07, 6.45) is 69.2. The first-order valence-corrected chi connectivity index (χ1v) is 21.4. The topological polar surface area (TPSA) is 72.8 Å². The number of unbranched alkanes of at least 4 members (excludes halogenated alkanes) is 4. The van der Waals surface area contributed by atoms with E-state index in [-0.39, 0.29) is 31.6 Å². The zero-order valence-electron chi connectivity index (χ0n) is 35.1. The monoisotopic (exact) mass is 769 g/mol. The summed E-state index contributed by atoms with van der Waals surface area (Å²) in [5.74, 6) is -0.709. The molecule has 0 rings (SSSR count). The Morgan fingerprint density at radius 2 is 0.696 bits per heavy atom. The third kappa shape index (κ3) is 42.5. The molecule has 0 saturated carbocycles. The average molecular weight is 769 g/mol. The summed E-state index contributed by atoms with van der Waals surface area (Å²) in [6.45, 7) is 3.80. The molecule has 0 aliphatic carbocycles. The van der Waals surface area contributed by atoms with E-state index < -0.39 is 6.10 Å². The van der Waals surface area contributed by atoms with Crippen molar-refractivity contribution in [3.8, 4) is 0 Å². The third-order valence-corrected chi connectivity index (χ3v) is 8.13. The summed E-state index contributed by atoms with van der Waals surface area (Å²) in [5, 5.41) is 9.57. The molecular weight excluding hydrogens is 693 g/mol. The summed E-state index contributed by atoms with van der Waals surface area (Å²) >= 11 is 0. The van der Waals surface area contributed by atoms with Gasteiger partial charge in [0.25, 0.3) is 0 Å². The molecule has 56 heavy (non-hydrogen) atoms. The average Bonchev–Trinajstić information content (AvgIpc) is 3.20. The molecule has 0 heterocycles. The minimum atomic E-state index is -0.824. The minimum absolute atomic E-state index is 0.117. The fraction of sp³-hybridized carbons (Fsp3) is 0.490. The maximum Gasteiger partial charge on any atom is 0.306 e. The van der Waals surface area contributed by atoms with E-state index in [1.165, 1.54) is 0 Å². The van der Waals surface area contributed by atoms with Crippen LogP contribution in [0.25, 0.3) is 0 Å². The van der Waals surface area contributed by atoms with Crippen LogP contribution >= 0.6 is 0 Å². The highest BCUT2D eigenvalue weighted by Gasteiger charge is 2.15. The lowest BCUT2D eigenvalue weighted by atomic mass is 10.1. The molecule has 0 aromatic heterocycles. The molecule has 0 aromatic rings. The van der Waals surface area contributed by atoms with E-state index in [4.69, 9.17) is 9.47 Å². The van der Waals surface area contributed by atoms with Gasteiger partial charge in [-0.05, 0) is 116 Å². The lowest BCUT2D eigenvalue weighted by molar-refractivity contribution is -0.161. The van der Waals surface area contributed by atoms with Gasteiger partial charge in [-0.15, -0.1) is 0 Å². The van der Waals surface area contributed by atoms with Crippen LogP contribution in [0, 0.1) is 0 Å². The maximum atomic E-state index is 12.2. The van der Waals surface area contributed by atoms with Crippen molar-refractivity contribution in [2.24, 2.45) is 0 Å². The van der Waals surface area contributed by atoms with Gasteiger partial charge in [0, 0.05) is 12.8 Å². The standard InChI is InChI=1S/C51H76O5/c1-3-5-7-9-11-13-15-17-19-20-21-22-23-24-25-26-27-28-29-30-32-34-36-38-40-42-44-46-51(54)56-49(47-52)48-55-50(53)45-43-41-39-37-35-33-31-18-16-14-12-10-8-6-4-2/h5-8,11-14,17-19,21-22,24-25,27-28,30-32,35-38,49,52H,3-4,9-10,15-16,20,23,26,29,33-34,39-48H2,1-2H3/b7-5-,8-6-,13-11-,14-12-,19-17-,22-21-,25-24-,28-27-,31-18-,32-30-,37-35-,38-36-. The molecule has 1 N–H and O–H groups in total. The third-order valence-electron chi connectivity index (χ3n) is 8.13. The van der Waals surface area contributed by atoms with Crippen LogP contribution in [0.3, 0.4) is 0 Å². The van der Waals surface area contributed by atoms with Crippen LogP contribution in [-0.4, -0.2) is 36.4 Å². The van der Waals surface area contributed by atoms with Gasteiger partial charge in [-0.2, -0.15) is 0 Å². The fourth-order valence-electron chi connectivity index (χ4n) is 4.97. The zero-order valence-corrected chi connectivity index (χ0v) is 35.1. The van der Waals surface area contributed by atoms with Crippen LogP contribution < -0.4 is 0 Å². The van der Waals surface area contributed by atoms with Gasteiger partial charge in [-0.25, -0.2) is 0 Å². The molecule has 5 nitrogen and oxygen atoms in total. The van der Waals surface area contributed by atoms with E-state index in [9.17, 15) is 14.7 Å². The Bertz CT molecular complexity index is 1280. The van der Waals surface area contributed by atoms with Gasteiger partial charge in [-0.1, -0.05) is 160 Å². The first-order valence-electron chi connectivity index (χ1n) is 21.4. The first-order chi connectivity index (χ1) is 27.6. The van der Waals surface area contributed by atoms with Crippen LogP contribution in [0.4, 0.5) is 0 Å². The molecule has 0 amide bonds. The van der Waals surface area contributed by atoms with Crippen LogP contribution in [0.5, 0.6) is 0 Å². The normalized spacial score (nSPS) is 13.7. The van der Waals surface area contributed by atoms with Crippen LogP contribution in [0.15, 0.2) is 146 Å². The molecule has 0 aliphatic heterocycles. The Labute approximate surface area is 342 Å². The molecule has 0 aliphatic rings. The molecule has 0 saturated heterocycles. The van der Waals surface area contributed by atoms with Crippen molar-refractivity contribution in [1.29, 1.82) is 0 Å². The zero-order chi connectivity index (χ0) is 40.7. The molecule has 1 unspecified atom stereocenters. The van der Waals surface area contributed by atoms with E-state index in [1.54, 1.807) is 0 Å². The first kappa shape index (κ1) is 51.8. The number of hydrogen-bond acceptors (Lipinski definition) is 5. The number of aliphatic hydroxyl groups excluding tert-OH is 1. The Kier molecular flexibility index (Phi) is 41.8. The highest BCUT2D eigenvalue weighted by atomic mass is 16.6. The Morgan fingerprint density at radius 1 is 0.411 bits per heavy atom. The number of carbonyl (C=O) groups is 2. The van der Waals surface area contributed by atoms with E-state index in [0.717, 1.165) is 109 Å². The van der Waals surface area contributed by atoms with Crippen molar-refractivity contribution in [2.75, 3.05) is 13.2 Å². The molecule has 0 aromatic carbocycles. The van der Waals surface area contributed by atoms with Crippen molar-refractivity contribution in [2.45, 2.75) is 148 Å². The number of rotatable bonds is 36. The second-order valence-corrected chi connectivity index (χ2v) is 13.3. The number of ether oxygens (including phenoxy) is 2. The number of carbonyl (C=O) groups excluding carboxylic acids is 2. The van der Waals surface area contributed by atoms with Gasteiger partial charge in [0.1, 0.15) is 6.61 Å². The lowest BCUT2D eigenvalue weighted by Gasteiger charge is -2.15. The SMILES string of the molecule is CC/C=C\C/C=C\C/C=C\C/C=C\C/C=C\C/C=C\C/C=C\C/C=C\CCCCC(=O)OC(CO)COC(=O)CCCC/C=C\C/C=C\C/C=C\C/C=C\CC. The number of hydrogen-bond donors (Lipinski definition) is 1. The van der Waals surface area contributed by atoms with E-state index in [2.05, 4.69) is 160 Å². The quantitative estimate of drug-likeness (QED) is 0.0390. The van der Waals surface area contributed by atoms with Gasteiger partial charge in [0.05, 0.1) is 6.61 Å². The highest BCUT2D eigenvalue weighted by molar-refractivity contribution is 5.70.